The fraction of sp³-hybridized carbons (Fsp3) is 0.600. The molecule has 2 unspecified atom stereocenters. The van der Waals surface area contributed by atoms with Crippen LogP contribution >= 0.6 is 0 Å². The maximum Gasteiger partial charge on any atom is 0.271 e. The third-order valence-corrected chi connectivity index (χ3v) is 3.41. The summed E-state index contributed by atoms with van der Waals surface area (Å²) in [6.07, 6.45) is 3.33. The van der Waals surface area contributed by atoms with E-state index in [9.17, 15) is 9.59 Å². The molecule has 0 bridgehead atoms. The van der Waals surface area contributed by atoms with Gasteiger partial charge >= 0.3 is 0 Å². The Bertz CT molecular complexity index is 522. The number of amides is 2. The van der Waals surface area contributed by atoms with Gasteiger partial charge in [0.1, 0.15) is 5.69 Å². The van der Waals surface area contributed by atoms with E-state index in [1.807, 2.05) is 13.8 Å². The Morgan fingerprint density at radius 1 is 1.27 bits per heavy atom. The summed E-state index contributed by atoms with van der Waals surface area (Å²) in [6, 6.07) is 0. The molecule has 2 heterocycles. The van der Waals surface area contributed by atoms with Crippen LogP contribution in [0.4, 0.5) is 0 Å². The molecule has 1 N–H and O–H groups in total. The minimum Gasteiger partial charge on any atom is -0.372 e. The number of hydrogen-bond acceptors (Lipinski definition) is 5. The van der Waals surface area contributed by atoms with Crippen LogP contribution in [0.25, 0.3) is 0 Å². The van der Waals surface area contributed by atoms with E-state index in [0.29, 0.717) is 13.1 Å². The van der Waals surface area contributed by atoms with Gasteiger partial charge in [-0.25, -0.2) is 4.98 Å². The Labute approximate surface area is 130 Å². The second-order valence-corrected chi connectivity index (χ2v) is 5.60. The lowest BCUT2D eigenvalue weighted by molar-refractivity contribution is -0.143. The molecule has 1 aliphatic rings. The highest BCUT2D eigenvalue weighted by molar-refractivity contribution is 5.92. The summed E-state index contributed by atoms with van der Waals surface area (Å²) in [5.41, 5.74) is 1.01. The number of ether oxygens (including phenoxy) is 1. The molecular weight excluding hydrogens is 284 g/mol. The molecule has 1 fully saturated rings. The zero-order valence-electron chi connectivity index (χ0n) is 13.2. The van der Waals surface area contributed by atoms with Crippen LogP contribution in [0, 0.1) is 6.92 Å². The molecule has 0 radical (unpaired) electrons. The molecule has 22 heavy (non-hydrogen) atoms. The zero-order chi connectivity index (χ0) is 16.1. The minimum atomic E-state index is -0.316. The average molecular weight is 306 g/mol. The Hall–Kier alpha value is -2.02. The van der Waals surface area contributed by atoms with Crippen LogP contribution in [0.2, 0.25) is 0 Å². The first-order valence-corrected chi connectivity index (χ1v) is 7.45. The van der Waals surface area contributed by atoms with E-state index in [-0.39, 0.29) is 42.7 Å². The Balaban J connectivity index is 1.77. The lowest BCUT2D eigenvalue weighted by Gasteiger charge is -2.35. The van der Waals surface area contributed by atoms with E-state index in [4.69, 9.17) is 4.74 Å². The molecule has 7 nitrogen and oxygen atoms in total. The van der Waals surface area contributed by atoms with Crippen LogP contribution < -0.4 is 5.32 Å². The van der Waals surface area contributed by atoms with Gasteiger partial charge in [0.05, 0.1) is 24.1 Å². The van der Waals surface area contributed by atoms with Crippen LogP contribution in [0.15, 0.2) is 12.4 Å². The Morgan fingerprint density at radius 3 is 2.55 bits per heavy atom. The highest BCUT2D eigenvalue weighted by Gasteiger charge is 2.25. The standard InChI is InChI=1S/C15H22N4O3/c1-10-6-18-13(7-17-10)15(21)16-5-4-14(20)19-8-11(2)22-12(3)9-19/h6-7,11-12H,4-5,8-9H2,1-3H3,(H,16,21). The summed E-state index contributed by atoms with van der Waals surface area (Å²) in [6.45, 7) is 7.19. The molecule has 0 aromatic carbocycles. The first-order chi connectivity index (χ1) is 10.5. The van der Waals surface area contributed by atoms with E-state index in [0.717, 1.165) is 5.69 Å². The Kier molecular flexibility index (Phi) is 5.43. The second kappa shape index (κ2) is 7.31. The third-order valence-electron chi connectivity index (χ3n) is 3.41. The fourth-order valence-corrected chi connectivity index (χ4v) is 2.42. The monoisotopic (exact) mass is 306 g/mol. The van der Waals surface area contributed by atoms with E-state index in [1.165, 1.54) is 12.4 Å². The predicted molar refractivity (Wildman–Crippen MR) is 80.3 cm³/mol. The van der Waals surface area contributed by atoms with Gasteiger partial charge in [-0.15, -0.1) is 0 Å². The van der Waals surface area contributed by atoms with Gasteiger partial charge in [-0.2, -0.15) is 0 Å². The van der Waals surface area contributed by atoms with Gasteiger partial charge in [-0.05, 0) is 20.8 Å². The molecule has 1 aromatic heterocycles. The van der Waals surface area contributed by atoms with Gasteiger partial charge < -0.3 is 15.0 Å². The van der Waals surface area contributed by atoms with Gasteiger partial charge in [0, 0.05) is 32.3 Å². The van der Waals surface area contributed by atoms with Crippen molar-refractivity contribution >= 4 is 11.8 Å². The summed E-state index contributed by atoms with van der Waals surface area (Å²) in [5.74, 6) is -0.290. The Morgan fingerprint density at radius 2 is 1.95 bits per heavy atom. The highest BCUT2D eigenvalue weighted by Crippen LogP contribution is 2.11. The number of nitrogens with zero attached hydrogens (tertiary/aromatic N) is 3. The predicted octanol–water partition coefficient (Wildman–Crippen LogP) is 0.541. The minimum absolute atomic E-state index is 0.0253. The number of hydrogen-bond donors (Lipinski definition) is 1. The quantitative estimate of drug-likeness (QED) is 0.877. The summed E-state index contributed by atoms with van der Waals surface area (Å²) >= 11 is 0. The molecule has 7 heteroatoms. The van der Waals surface area contributed by atoms with Crippen LogP contribution in [0.5, 0.6) is 0 Å². The molecule has 2 amide bonds. The molecule has 1 aromatic rings. The summed E-state index contributed by atoms with van der Waals surface area (Å²) < 4.78 is 5.60. The van der Waals surface area contributed by atoms with Crippen molar-refractivity contribution < 1.29 is 14.3 Å². The topological polar surface area (TPSA) is 84.4 Å². The second-order valence-electron chi connectivity index (χ2n) is 5.60. The number of aryl methyl sites for hydroxylation is 1. The molecule has 0 saturated carbocycles. The smallest absolute Gasteiger partial charge is 0.271 e. The SMILES string of the molecule is Cc1cnc(C(=O)NCCC(=O)N2CC(C)OC(C)C2)cn1. The number of carbonyl (C=O) groups excluding carboxylic acids is 2. The van der Waals surface area contributed by atoms with Crippen LogP contribution in [-0.2, 0) is 9.53 Å². The largest absolute Gasteiger partial charge is 0.372 e. The van der Waals surface area contributed by atoms with Crippen molar-refractivity contribution in [1.82, 2.24) is 20.2 Å². The van der Waals surface area contributed by atoms with Crippen molar-refractivity contribution in [2.24, 2.45) is 0 Å². The van der Waals surface area contributed by atoms with E-state index in [1.54, 1.807) is 11.8 Å². The number of aromatic nitrogens is 2. The van der Waals surface area contributed by atoms with Crippen LogP contribution in [0.3, 0.4) is 0 Å². The van der Waals surface area contributed by atoms with E-state index < -0.39 is 0 Å². The molecule has 2 rings (SSSR count). The van der Waals surface area contributed by atoms with Crippen LogP contribution in [-0.4, -0.2) is 58.5 Å². The molecule has 2 atom stereocenters. The summed E-state index contributed by atoms with van der Waals surface area (Å²) in [4.78, 5) is 33.8. The summed E-state index contributed by atoms with van der Waals surface area (Å²) in [7, 11) is 0. The van der Waals surface area contributed by atoms with E-state index in [2.05, 4.69) is 15.3 Å². The molecule has 1 saturated heterocycles. The van der Waals surface area contributed by atoms with Crippen molar-refractivity contribution in [3.63, 3.8) is 0 Å². The molecular formula is C15H22N4O3. The summed E-state index contributed by atoms with van der Waals surface area (Å²) in [5, 5.41) is 2.69. The van der Waals surface area contributed by atoms with Crippen molar-refractivity contribution in [2.45, 2.75) is 39.4 Å². The number of nitrogens with one attached hydrogen (secondary N) is 1. The number of morpholine rings is 1. The first-order valence-electron chi connectivity index (χ1n) is 7.45. The maximum absolute atomic E-state index is 12.1. The number of rotatable bonds is 4. The normalized spacial score (nSPS) is 21.5. The number of carbonyl (C=O) groups is 2. The van der Waals surface area contributed by atoms with E-state index >= 15 is 0 Å². The fourth-order valence-electron chi connectivity index (χ4n) is 2.42. The molecule has 1 aliphatic heterocycles. The van der Waals surface area contributed by atoms with Crippen molar-refractivity contribution in [3.8, 4) is 0 Å². The van der Waals surface area contributed by atoms with Crippen molar-refractivity contribution in [3.05, 3.63) is 23.8 Å². The van der Waals surface area contributed by atoms with Crippen molar-refractivity contribution in [1.29, 1.82) is 0 Å². The van der Waals surface area contributed by atoms with Gasteiger partial charge in [0.15, 0.2) is 0 Å². The molecule has 0 aliphatic carbocycles. The van der Waals surface area contributed by atoms with Crippen LogP contribution in [0.1, 0.15) is 36.5 Å². The molecule has 120 valence electrons. The lowest BCUT2D eigenvalue weighted by atomic mass is 10.2. The van der Waals surface area contributed by atoms with Crippen molar-refractivity contribution in [2.75, 3.05) is 19.6 Å². The first kappa shape index (κ1) is 16.4. The van der Waals surface area contributed by atoms with Gasteiger partial charge in [0.2, 0.25) is 5.91 Å². The van der Waals surface area contributed by atoms with Gasteiger partial charge in [-0.3, -0.25) is 14.6 Å². The third kappa shape index (κ3) is 4.49. The zero-order valence-corrected chi connectivity index (χ0v) is 13.2. The average Bonchev–Trinajstić information content (AvgIpc) is 2.46. The highest BCUT2D eigenvalue weighted by atomic mass is 16.5. The molecule has 0 spiro atoms. The van der Waals surface area contributed by atoms with Gasteiger partial charge in [-0.1, -0.05) is 0 Å². The maximum atomic E-state index is 12.1. The van der Waals surface area contributed by atoms with Gasteiger partial charge in [0.25, 0.3) is 5.91 Å². The lowest BCUT2D eigenvalue weighted by Crippen LogP contribution is -2.48.